The molecule has 0 unspecified atom stereocenters. The van der Waals surface area contributed by atoms with Crippen LogP contribution in [0.25, 0.3) is 11.4 Å². The number of benzene rings is 2. The highest BCUT2D eigenvalue weighted by Crippen LogP contribution is 2.30. The first-order valence-electron chi connectivity index (χ1n) is 8.85. The molecule has 0 saturated carbocycles. The molecule has 1 N–H and O–H groups in total. The van der Waals surface area contributed by atoms with Crippen molar-refractivity contribution in [2.75, 3.05) is 17.2 Å². The molecular weight excluding hydrogens is 360 g/mol. The second kappa shape index (κ2) is 8.73. The van der Waals surface area contributed by atoms with Gasteiger partial charge >= 0.3 is 0 Å². The molecule has 0 atom stereocenters. The Morgan fingerprint density at radius 3 is 2.44 bits per heavy atom. The van der Waals surface area contributed by atoms with Gasteiger partial charge in [-0.05, 0) is 38.1 Å². The molecule has 1 aromatic heterocycles. The van der Waals surface area contributed by atoms with Crippen LogP contribution in [0.5, 0.6) is 5.75 Å². The van der Waals surface area contributed by atoms with E-state index in [4.69, 9.17) is 0 Å². The van der Waals surface area contributed by atoms with Crippen LogP contribution in [0.2, 0.25) is 0 Å². The minimum atomic E-state index is 0.0171. The lowest BCUT2D eigenvalue weighted by atomic mass is 10.2. The number of phenols is 1. The summed E-state index contributed by atoms with van der Waals surface area (Å²) >= 11 is 1.36. The first-order chi connectivity index (χ1) is 13.2. The van der Waals surface area contributed by atoms with Gasteiger partial charge in [0.2, 0.25) is 5.91 Å². The molecule has 7 heteroatoms. The van der Waals surface area contributed by atoms with Crippen LogP contribution >= 0.6 is 11.8 Å². The van der Waals surface area contributed by atoms with Crippen molar-refractivity contribution in [1.29, 1.82) is 0 Å². The maximum Gasteiger partial charge on any atom is 0.237 e. The molecule has 3 rings (SSSR count). The van der Waals surface area contributed by atoms with Crippen molar-refractivity contribution in [3.8, 4) is 17.1 Å². The maximum atomic E-state index is 12.7. The highest BCUT2D eigenvalue weighted by Gasteiger charge is 2.19. The minimum absolute atomic E-state index is 0.0171. The lowest BCUT2D eigenvalue weighted by Gasteiger charge is -2.20. The molecule has 2 aromatic carbocycles. The van der Waals surface area contributed by atoms with Gasteiger partial charge in [-0.1, -0.05) is 42.1 Å². The molecule has 27 heavy (non-hydrogen) atoms. The van der Waals surface area contributed by atoms with Gasteiger partial charge in [0.25, 0.3) is 0 Å². The third-order valence-corrected chi connectivity index (χ3v) is 5.14. The molecule has 0 bridgehead atoms. The van der Waals surface area contributed by atoms with Crippen molar-refractivity contribution in [3.05, 3.63) is 54.6 Å². The molecule has 0 spiro atoms. The summed E-state index contributed by atoms with van der Waals surface area (Å²) in [6, 6.07) is 16.7. The lowest BCUT2D eigenvalue weighted by molar-refractivity contribution is -0.116. The van der Waals surface area contributed by atoms with E-state index in [0.29, 0.717) is 29.6 Å². The van der Waals surface area contributed by atoms with E-state index in [1.54, 1.807) is 23.1 Å². The first-order valence-corrected chi connectivity index (χ1v) is 9.84. The van der Waals surface area contributed by atoms with Gasteiger partial charge in [-0.3, -0.25) is 4.79 Å². The summed E-state index contributed by atoms with van der Waals surface area (Å²) in [6.07, 6.45) is 0. The molecule has 0 aliphatic carbocycles. The van der Waals surface area contributed by atoms with Crippen molar-refractivity contribution in [3.63, 3.8) is 0 Å². The number of nitrogens with zero attached hydrogens (tertiary/aromatic N) is 4. The Hall–Kier alpha value is -2.80. The van der Waals surface area contributed by atoms with Crippen molar-refractivity contribution >= 4 is 23.4 Å². The zero-order chi connectivity index (χ0) is 19.2. The predicted octanol–water partition coefficient (Wildman–Crippen LogP) is 3.82. The normalized spacial score (nSPS) is 10.7. The summed E-state index contributed by atoms with van der Waals surface area (Å²) in [5.41, 5.74) is 1.52. The number of para-hydroxylation sites is 2. The van der Waals surface area contributed by atoms with E-state index < -0.39 is 0 Å². The number of aromatic hydroxyl groups is 1. The SMILES string of the molecule is CCN(C(=O)CSc1nnc(-c2ccccc2O)n1CC)c1ccccc1. The van der Waals surface area contributed by atoms with Crippen LogP contribution in [0, 0.1) is 0 Å². The number of anilines is 1. The monoisotopic (exact) mass is 382 g/mol. The maximum absolute atomic E-state index is 12.7. The molecule has 3 aromatic rings. The summed E-state index contributed by atoms with van der Waals surface area (Å²) in [5, 5.41) is 19.2. The summed E-state index contributed by atoms with van der Waals surface area (Å²) in [5.74, 6) is 1.04. The van der Waals surface area contributed by atoms with Gasteiger partial charge in [0.15, 0.2) is 11.0 Å². The fourth-order valence-corrected chi connectivity index (χ4v) is 3.74. The number of thioether (sulfide) groups is 1. The second-order valence-corrected chi connectivity index (χ2v) is 6.77. The number of phenolic OH excluding ortho intramolecular Hbond substituents is 1. The van der Waals surface area contributed by atoms with E-state index in [-0.39, 0.29) is 17.4 Å². The van der Waals surface area contributed by atoms with Gasteiger partial charge in [-0.25, -0.2) is 0 Å². The molecule has 1 amide bonds. The quantitative estimate of drug-likeness (QED) is 0.629. The van der Waals surface area contributed by atoms with Crippen LogP contribution < -0.4 is 4.90 Å². The molecular formula is C20H22N4O2S. The van der Waals surface area contributed by atoms with Crippen LogP contribution in [0.4, 0.5) is 5.69 Å². The largest absolute Gasteiger partial charge is 0.507 e. The van der Waals surface area contributed by atoms with E-state index in [1.807, 2.05) is 54.8 Å². The number of hydrogen-bond donors (Lipinski definition) is 1. The molecule has 0 saturated heterocycles. The smallest absolute Gasteiger partial charge is 0.237 e. The number of carbonyl (C=O) groups excluding carboxylic acids is 1. The predicted molar refractivity (Wildman–Crippen MR) is 108 cm³/mol. The van der Waals surface area contributed by atoms with Gasteiger partial charge in [0, 0.05) is 18.8 Å². The molecule has 0 aliphatic heterocycles. The Bertz CT molecular complexity index is 911. The fourth-order valence-electron chi connectivity index (χ4n) is 2.86. The van der Waals surface area contributed by atoms with E-state index >= 15 is 0 Å². The number of hydrogen-bond acceptors (Lipinski definition) is 5. The van der Waals surface area contributed by atoms with Crippen molar-refractivity contribution in [1.82, 2.24) is 14.8 Å². The summed E-state index contributed by atoms with van der Waals surface area (Å²) < 4.78 is 1.91. The number of amides is 1. The lowest BCUT2D eigenvalue weighted by Crippen LogP contribution is -2.32. The van der Waals surface area contributed by atoms with Gasteiger partial charge < -0.3 is 14.6 Å². The van der Waals surface area contributed by atoms with E-state index in [0.717, 1.165) is 5.69 Å². The zero-order valence-corrected chi connectivity index (χ0v) is 16.2. The molecule has 0 radical (unpaired) electrons. The Morgan fingerprint density at radius 2 is 1.78 bits per heavy atom. The molecule has 0 aliphatic rings. The first kappa shape index (κ1) is 19.0. The summed E-state index contributed by atoms with van der Waals surface area (Å²) in [6.45, 7) is 5.19. The summed E-state index contributed by atoms with van der Waals surface area (Å²) in [4.78, 5) is 14.4. The third-order valence-electron chi connectivity index (χ3n) is 4.19. The number of aromatic nitrogens is 3. The van der Waals surface area contributed by atoms with Gasteiger partial charge in [0.1, 0.15) is 5.75 Å². The van der Waals surface area contributed by atoms with Gasteiger partial charge in [0.05, 0.1) is 11.3 Å². The van der Waals surface area contributed by atoms with Crippen LogP contribution in [0.15, 0.2) is 59.8 Å². The highest BCUT2D eigenvalue weighted by molar-refractivity contribution is 7.99. The Labute approximate surface area is 162 Å². The Kier molecular flexibility index (Phi) is 6.13. The van der Waals surface area contributed by atoms with Gasteiger partial charge in [-0.2, -0.15) is 0 Å². The molecule has 140 valence electrons. The van der Waals surface area contributed by atoms with Crippen LogP contribution in [0.3, 0.4) is 0 Å². The van der Waals surface area contributed by atoms with Crippen molar-refractivity contribution < 1.29 is 9.90 Å². The van der Waals surface area contributed by atoms with E-state index in [2.05, 4.69) is 10.2 Å². The van der Waals surface area contributed by atoms with Crippen LogP contribution in [0.1, 0.15) is 13.8 Å². The van der Waals surface area contributed by atoms with Crippen molar-refractivity contribution in [2.45, 2.75) is 25.5 Å². The molecule has 6 nitrogen and oxygen atoms in total. The Balaban J connectivity index is 1.77. The topological polar surface area (TPSA) is 71.2 Å². The fraction of sp³-hybridized carbons (Fsp3) is 0.250. The van der Waals surface area contributed by atoms with Crippen LogP contribution in [-0.4, -0.2) is 38.1 Å². The van der Waals surface area contributed by atoms with Crippen LogP contribution in [-0.2, 0) is 11.3 Å². The minimum Gasteiger partial charge on any atom is -0.507 e. The van der Waals surface area contributed by atoms with Gasteiger partial charge in [-0.15, -0.1) is 10.2 Å². The van der Waals surface area contributed by atoms with E-state index in [1.165, 1.54) is 11.8 Å². The third kappa shape index (κ3) is 4.14. The summed E-state index contributed by atoms with van der Waals surface area (Å²) in [7, 11) is 0. The standard InChI is InChI=1S/C20H22N4O2S/c1-3-23(15-10-6-5-7-11-15)18(26)14-27-20-22-21-19(24(20)4-2)16-12-8-9-13-17(16)25/h5-13,25H,3-4,14H2,1-2H3. The number of rotatable bonds is 7. The van der Waals surface area contributed by atoms with Crippen molar-refractivity contribution in [2.24, 2.45) is 0 Å². The average molecular weight is 382 g/mol. The molecule has 0 fully saturated rings. The zero-order valence-electron chi connectivity index (χ0n) is 15.4. The average Bonchev–Trinajstić information content (AvgIpc) is 3.11. The number of carbonyl (C=O) groups is 1. The van der Waals surface area contributed by atoms with E-state index in [9.17, 15) is 9.90 Å². The highest BCUT2D eigenvalue weighted by atomic mass is 32.2. The Morgan fingerprint density at radius 1 is 1.07 bits per heavy atom. The molecule has 1 heterocycles. The second-order valence-electron chi connectivity index (χ2n) is 5.83.